The first kappa shape index (κ1) is 16.6. The lowest BCUT2D eigenvalue weighted by molar-refractivity contribution is -0.118. The van der Waals surface area contributed by atoms with E-state index >= 15 is 0 Å². The topological polar surface area (TPSA) is 81.2 Å². The van der Waals surface area contributed by atoms with Crippen molar-refractivity contribution in [3.05, 3.63) is 53.9 Å². The molecule has 26 heavy (non-hydrogen) atoms. The van der Waals surface area contributed by atoms with E-state index in [4.69, 9.17) is 9.05 Å². The number of anilines is 1. The zero-order valence-corrected chi connectivity index (χ0v) is 15.1. The fourth-order valence-corrected chi connectivity index (χ4v) is 2.88. The summed E-state index contributed by atoms with van der Waals surface area (Å²) in [5.41, 5.74) is 1.61. The van der Waals surface area contributed by atoms with Gasteiger partial charge in [0.1, 0.15) is 0 Å². The van der Waals surface area contributed by atoms with E-state index in [9.17, 15) is 4.79 Å². The molecule has 6 nitrogen and oxygen atoms in total. The number of benzene rings is 1. The zero-order valence-electron chi connectivity index (χ0n) is 15.1. The van der Waals surface area contributed by atoms with Crippen molar-refractivity contribution >= 4 is 11.8 Å². The number of hydrogen-bond donors (Lipinski definition) is 1. The molecule has 134 valence electrons. The number of hydrogen-bond acceptors (Lipinski definition) is 5. The van der Waals surface area contributed by atoms with Crippen LogP contribution < -0.4 is 5.32 Å². The van der Waals surface area contributed by atoms with E-state index in [0.29, 0.717) is 17.3 Å². The summed E-state index contributed by atoms with van der Waals surface area (Å²) in [6.45, 7) is 6.12. The van der Waals surface area contributed by atoms with Gasteiger partial charge in [-0.15, -0.1) is 0 Å². The molecule has 0 atom stereocenters. The number of amides is 1. The summed E-state index contributed by atoms with van der Waals surface area (Å²) in [5, 5.41) is 11.0. The van der Waals surface area contributed by atoms with Crippen LogP contribution in [0.5, 0.6) is 0 Å². The second kappa shape index (κ2) is 5.83. The van der Waals surface area contributed by atoms with Crippen LogP contribution in [-0.4, -0.2) is 16.2 Å². The minimum absolute atomic E-state index is 0.137. The molecule has 0 radical (unpaired) electrons. The molecule has 4 rings (SSSR count). The third-order valence-electron chi connectivity index (χ3n) is 4.76. The smallest absolute Gasteiger partial charge is 0.239 e. The van der Waals surface area contributed by atoms with Crippen LogP contribution in [0.3, 0.4) is 0 Å². The SMILES string of the molecule is CC(C)(C)c1cc(NC(=O)C2(c3cc(-c4ccccc4)on3)CC2)on1. The van der Waals surface area contributed by atoms with Gasteiger partial charge >= 0.3 is 0 Å². The van der Waals surface area contributed by atoms with Gasteiger partial charge in [0, 0.05) is 23.1 Å². The first-order valence-electron chi connectivity index (χ1n) is 8.70. The van der Waals surface area contributed by atoms with E-state index in [1.165, 1.54) is 0 Å². The molecule has 0 bridgehead atoms. The molecule has 1 aromatic carbocycles. The van der Waals surface area contributed by atoms with Gasteiger partial charge in [-0.3, -0.25) is 10.1 Å². The Kier molecular flexibility index (Phi) is 3.72. The Hall–Kier alpha value is -2.89. The molecule has 0 spiro atoms. The number of rotatable bonds is 4. The van der Waals surface area contributed by atoms with Gasteiger partial charge in [0.2, 0.25) is 11.8 Å². The molecular formula is C20H21N3O3. The third kappa shape index (κ3) is 2.92. The van der Waals surface area contributed by atoms with Gasteiger partial charge in [-0.05, 0) is 12.8 Å². The average molecular weight is 351 g/mol. The van der Waals surface area contributed by atoms with Crippen LogP contribution in [-0.2, 0) is 15.6 Å². The first-order chi connectivity index (χ1) is 12.4. The van der Waals surface area contributed by atoms with E-state index in [0.717, 1.165) is 24.1 Å². The molecule has 0 aliphatic heterocycles. The molecule has 1 fully saturated rings. The lowest BCUT2D eigenvalue weighted by atomic mass is 9.92. The van der Waals surface area contributed by atoms with Crippen LogP contribution in [0.2, 0.25) is 0 Å². The van der Waals surface area contributed by atoms with Gasteiger partial charge in [0.05, 0.1) is 16.8 Å². The fourth-order valence-electron chi connectivity index (χ4n) is 2.88. The number of nitrogens with zero attached hydrogens (tertiary/aromatic N) is 2. The summed E-state index contributed by atoms with van der Waals surface area (Å²) in [7, 11) is 0. The summed E-state index contributed by atoms with van der Waals surface area (Å²) in [6.07, 6.45) is 1.47. The molecule has 1 aliphatic carbocycles. The van der Waals surface area contributed by atoms with Crippen LogP contribution in [0.25, 0.3) is 11.3 Å². The molecule has 1 amide bonds. The van der Waals surface area contributed by atoms with Crippen molar-refractivity contribution in [3.8, 4) is 11.3 Å². The van der Waals surface area contributed by atoms with Gasteiger partial charge < -0.3 is 9.05 Å². The molecular weight excluding hydrogens is 330 g/mol. The van der Waals surface area contributed by atoms with E-state index < -0.39 is 5.41 Å². The minimum atomic E-state index is -0.648. The number of carbonyl (C=O) groups excluding carboxylic acids is 1. The monoisotopic (exact) mass is 351 g/mol. The quantitative estimate of drug-likeness (QED) is 0.758. The Balaban J connectivity index is 1.53. The normalized spacial score (nSPS) is 15.7. The summed E-state index contributed by atoms with van der Waals surface area (Å²) in [6, 6.07) is 13.3. The largest absolute Gasteiger partial charge is 0.356 e. The van der Waals surface area contributed by atoms with Crippen LogP contribution in [0.4, 0.5) is 5.88 Å². The lowest BCUT2D eigenvalue weighted by Gasteiger charge is -2.12. The van der Waals surface area contributed by atoms with Crippen LogP contribution >= 0.6 is 0 Å². The molecule has 1 saturated carbocycles. The molecule has 2 aromatic heterocycles. The molecule has 1 N–H and O–H groups in total. The van der Waals surface area contributed by atoms with Gasteiger partial charge in [0.15, 0.2) is 5.76 Å². The van der Waals surface area contributed by atoms with Gasteiger partial charge in [-0.1, -0.05) is 61.4 Å². The maximum absolute atomic E-state index is 12.8. The van der Waals surface area contributed by atoms with E-state index in [2.05, 4.69) is 15.6 Å². The predicted molar refractivity (Wildman–Crippen MR) is 96.7 cm³/mol. The Labute approximate surface area is 151 Å². The minimum Gasteiger partial charge on any atom is -0.356 e. The second-order valence-electron chi connectivity index (χ2n) is 7.81. The second-order valence-corrected chi connectivity index (χ2v) is 7.81. The summed E-state index contributed by atoms with van der Waals surface area (Å²) in [4.78, 5) is 12.8. The fraction of sp³-hybridized carbons (Fsp3) is 0.350. The Morgan fingerprint density at radius 1 is 1.08 bits per heavy atom. The summed E-state index contributed by atoms with van der Waals surface area (Å²) >= 11 is 0. The molecule has 0 unspecified atom stereocenters. The van der Waals surface area contributed by atoms with Crippen molar-refractivity contribution in [2.45, 2.75) is 44.4 Å². The van der Waals surface area contributed by atoms with Crippen molar-refractivity contribution in [1.29, 1.82) is 0 Å². The highest BCUT2D eigenvalue weighted by molar-refractivity contribution is 6.00. The van der Waals surface area contributed by atoms with Crippen molar-refractivity contribution in [2.24, 2.45) is 0 Å². The van der Waals surface area contributed by atoms with Gasteiger partial charge in [0.25, 0.3) is 0 Å². The van der Waals surface area contributed by atoms with Gasteiger partial charge in [-0.2, -0.15) is 0 Å². The van der Waals surface area contributed by atoms with Crippen molar-refractivity contribution < 1.29 is 13.8 Å². The van der Waals surface area contributed by atoms with E-state index in [1.54, 1.807) is 6.07 Å². The number of aromatic nitrogens is 2. The van der Waals surface area contributed by atoms with E-state index in [-0.39, 0.29) is 11.3 Å². The molecule has 6 heteroatoms. The molecule has 2 heterocycles. The third-order valence-corrected chi connectivity index (χ3v) is 4.76. The van der Waals surface area contributed by atoms with Crippen LogP contribution in [0, 0.1) is 0 Å². The molecule has 1 aliphatic rings. The standard InChI is InChI=1S/C20H21N3O3/c1-19(2,3)15-12-17(26-22-15)21-18(24)20(9-10-20)16-11-14(25-23-16)13-7-5-4-6-8-13/h4-8,11-12H,9-10H2,1-3H3,(H,21,24). The molecule has 0 saturated heterocycles. The highest BCUT2D eigenvalue weighted by Crippen LogP contribution is 2.49. The Morgan fingerprint density at radius 2 is 1.81 bits per heavy atom. The summed E-state index contributed by atoms with van der Waals surface area (Å²) < 4.78 is 10.7. The van der Waals surface area contributed by atoms with Gasteiger partial charge in [-0.25, -0.2) is 0 Å². The Morgan fingerprint density at radius 3 is 2.42 bits per heavy atom. The van der Waals surface area contributed by atoms with E-state index in [1.807, 2.05) is 57.2 Å². The van der Waals surface area contributed by atoms with Crippen molar-refractivity contribution in [3.63, 3.8) is 0 Å². The average Bonchev–Trinajstić information content (AvgIpc) is 3.05. The molecule has 3 aromatic rings. The number of nitrogens with one attached hydrogen (secondary N) is 1. The highest BCUT2D eigenvalue weighted by atomic mass is 16.5. The maximum Gasteiger partial charge on any atom is 0.239 e. The first-order valence-corrected chi connectivity index (χ1v) is 8.70. The van der Waals surface area contributed by atoms with Crippen molar-refractivity contribution in [1.82, 2.24) is 10.3 Å². The lowest BCUT2D eigenvalue weighted by Crippen LogP contribution is -2.28. The zero-order chi connectivity index (χ0) is 18.4. The Bertz CT molecular complexity index is 931. The van der Waals surface area contributed by atoms with Crippen molar-refractivity contribution in [2.75, 3.05) is 5.32 Å². The number of carbonyl (C=O) groups is 1. The van der Waals surface area contributed by atoms with Crippen LogP contribution in [0.1, 0.15) is 45.0 Å². The highest BCUT2D eigenvalue weighted by Gasteiger charge is 2.54. The van der Waals surface area contributed by atoms with Crippen LogP contribution in [0.15, 0.2) is 51.5 Å². The summed E-state index contributed by atoms with van der Waals surface area (Å²) in [5.74, 6) is 0.884. The maximum atomic E-state index is 12.8. The predicted octanol–water partition coefficient (Wildman–Crippen LogP) is 4.30.